The van der Waals surface area contributed by atoms with Crippen LogP contribution in [0.5, 0.6) is 5.75 Å². The fraction of sp³-hybridized carbons (Fsp3) is 0.708. The van der Waals surface area contributed by atoms with Crippen molar-refractivity contribution in [3.63, 3.8) is 0 Å². The summed E-state index contributed by atoms with van der Waals surface area (Å²) in [4.78, 5) is 13.9. The van der Waals surface area contributed by atoms with Crippen molar-refractivity contribution in [1.82, 2.24) is 9.62 Å². The maximum atomic E-state index is 13.1. The molecular weight excluding hydrogens is 464 g/mol. The van der Waals surface area contributed by atoms with Crippen LogP contribution in [0.1, 0.15) is 76.0 Å². The summed E-state index contributed by atoms with van der Waals surface area (Å²) in [5.41, 5.74) is 1.99. The van der Waals surface area contributed by atoms with E-state index in [9.17, 15) is 14.5 Å². The SMILES string of the molecule is COc1cc(C2CCC2)c(Cl)cc1C(N[S+]([O-])C(C)(C)C)C1CCN(C(=O)C(O)CO)CC1. The Labute approximate surface area is 205 Å². The molecule has 9 heteroatoms. The number of methoxy groups -OCH3 is 1. The fourth-order valence-corrected chi connectivity index (χ4v) is 5.71. The van der Waals surface area contributed by atoms with Crippen molar-refractivity contribution >= 4 is 28.9 Å². The lowest BCUT2D eigenvalue weighted by Gasteiger charge is -2.38. The van der Waals surface area contributed by atoms with E-state index in [-0.39, 0.29) is 12.0 Å². The number of halogens is 1. The van der Waals surface area contributed by atoms with Crippen LogP contribution in [0.2, 0.25) is 5.02 Å². The molecule has 3 atom stereocenters. The van der Waals surface area contributed by atoms with E-state index >= 15 is 0 Å². The first-order valence-corrected chi connectivity index (χ1v) is 13.2. The number of ether oxygens (including phenoxy) is 1. The highest BCUT2D eigenvalue weighted by molar-refractivity contribution is 7.90. The van der Waals surface area contributed by atoms with Crippen LogP contribution in [-0.4, -0.2) is 63.2 Å². The van der Waals surface area contributed by atoms with E-state index in [0.717, 1.165) is 29.7 Å². The zero-order chi connectivity index (χ0) is 24.3. The van der Waals surface area contributed by atoms with Gasteiger partial charge in [0.05, 0.1) is 19.8 Å². The number of benzene rings is 1. The van der Waals surface area contributed by atoms with Gasteiger partial charge in [0, 0.05) is 35.0 Å². The van der Waals surface area contributed by atoms with E-state index < -0.39 is 34.7 Å². The van der Waals surface area contributed by atoms with Crippen molar-refractivity contribution in [2.24, 2.45) is 5.92 Å². The van der Waals surface area contributed by atoms with Crippen LogP contribution in [-0.2, 0) is 16.2 Å². The molecule has 1 saturated heterocycles. The third-order valence-electron chi connectivity index (χ3n) is 6.80. The molecule has 3 N–H and O–H groups in total. The van der Waals surface area contributed by atoms with Gasteiger partial charge in [0.1, 0.15) is 10.5 Å². The molecule has 2 aliphatic rings. The zero-order valence-electron chi connectivity index (χ0n) is 20.0. The van der Waals surface area contributed by atoms with Gasteiger partial charge in [-0.25, -0.2) is 0 Å². The summed E-state index contributed by atoms with van der Waals surface area (Å²) in [6, 6.07) is 3.72. The molecule has 1 amide bonds. The third-order valence-corrected chi connectivity index (χ3v) is 8.71. The number of likely N-dealkylation sites (tertiary alicyclic amines) is 1. The molecular formula is C24H37ClN2O5S. The lowest BCUT2D eigenvalue weighted by Crippen LogP contribution is -2.48. The quantitative estimate of drug-likeness (QED) is 0.473. The number of rotatable bonds is 8. The Balaban J connectivity index is 1.88. The molecule has 1 aliphatic heterocycles. The van der Waals surface area contributed by atoms with Gasteiger partial charge in [-0.2, -0.15) is 0 Å². The lowest BCUT2D eigenvalue weighted by molar-refractivity contribution is -0.143. The highest BCUT2D eigenvalue weighted by Gasteiger charge is 2.38. The number of nitrogens with one attached hydrogen (secondary N) is 1. The monoisotopic (exact) mass is 500 g/mol. The first-order chi connectivity index (χ1) is 15.6. The molecule has 0 bridgehead atoms. The van der Waals surface area contributed by atoms with Gasteiger partial charge in [0.15, 0.2) is 6.10 Å². The molecule has 186 valence electrons. The van der Waals surface area contributed by atoms with Crippen LogP contribution in [0, 0.1) is 5.92 Å². The summed E-state index contributed by atoms with van der Waals surface area (Å²) in [5, 5.41) is 19.5. The molecule has 7 nitrogen and oxygen atoms in total. The lowest BCUT2D eigenvalue weighted by atomic mass is 9.78. The Hall–Kier alpha value is -1.03. The van der Waals surface area contributed by atoms with E-state index in [1.54, 1.807) is 12.0 Å². The van der Waals surface area contributed by atoms with Crippen molar-refractivity contribution in [3.05, 3.63) is 28.3 Å². The minimum atomic E-state index is -1.39. The summed E-state index contributed by atoms with van der Waals surface area (Å²) in [5.74, 6) is 0.831. The fourth-order valence-electron chi connectivity index (χ4n) is 4.48. The molecule has 1 aromatic carbocycles. The summed E-state index contributed by atoms with van der Waals surface area (Å²) >= 11 is 5.41. The van der Waals surface area contributed by atoms with Gasteiger partial charge in [-0.3, -0.25) is 4.79 Å². The van der Waals surface area contributed by atoms with Crippen LogP contribution >= 0.6 is 11.6 Å². The molecule has 1 saturated carbocycles. The molecule has 3 rings (SSSR count). The number of amides is 1. The van der Waals surface area contributed by atoms with Crippen molar-refractivity contribution in [2.45, 2.75) is 75.7 Å². The van der Waals surface area contributed by atoms with Gasteiger partial charge < -0.3 is 24.4 Å². The van der Waals surface area contributed by atoms with Crippen LogP contribution < -0.4 is 9.46 Å². The first-order valence-electron chi connectivity index (χ1n) is 11.7. The van der Waals surface area contributed by atoms with Crippen LogP contribution in [0.4, 0.5) is 0 Å². The molecule has 2 fully saturated rings. The Morgan fingerprint density at radius 2 is 1.94 bits per heavy atom. The smallest absolute Gasteiger partial charge is 0.253 e. The van der Waals surface area contributed by atoms with E-state index in [2.05, 4.69) is 4.72 Å². The number of carbonyl (C=O) groups is 1. The van der Waals surface area contributed by atoms with Gasteiger partial charge >= 0.3 is 0 Å². The Bertz CT molecular complexity index is 822. The number of hydrogen-bond acceptors (Lipinski definition) is 6. The maximum absolute atomic E-state index is 13.1. The topological polar surface area (TPSA) is 105 Å². The van der Waals surface area contributed by atoms with E-state index in [0.29, 0.717) is 36.9 Å². The normalized spacial score (nSPS) is 20.8. The van der Waals surface area contributed by atoms with Gasteiger partial charge in [-0.15, -0.1) is 4.72 Å². The average molecular weight is 501 g/mol. The second-order valence-corrected chi connectivity index (χ2v) is 12.5. The Morgan fingerprint density at radius 1 is 1.30 bits per heavy atom. The van der Waals surface area contributed by atoms with Crippen molar-refractivity contribution in [3.8, 4) is 5.75 Å². The second kappa shape index (κ2) is 11.1. The standard InChI is InChI=1S/C24H37ClN2O5S/c1-24(2,3)33(31)26-22(16-8-10-27(11-9-16)23(30)20(29)14-28)18-12-19(25)17(13-21(18)32-4)15-6-5-7-15/h12-13,15-16,20,22,26,28-29H,5-11,14H2,1-4H3. The summed E-state index contributed by atoms with van der Waals surface area (Å²) in [7, 11) is 1.65. The average Bonchev–Trinajstić information content (AvgIpc) is 2.75. The van der Waals surface area contributed by atoms with Crippen LogP contribution in [0.15, 0.2) is 12.1 Å². The summed E-state index contributed by atoms with van der Waals surface area (Å²) in [6.07, 6.45) is 3.40. The predicted octanol–water partition coefficient (Wildman–Crippen LogP) is 3.30. The number of nitrogens with zero attached hydrogens (tertiary/aromatic N) is 1. The number of piperidine rings is 1. The number of hydrogen-bond donors (Lipinski definition) is 3. The highest BCUT2D eigenvalue weighted by Crippen LogP contribution is 2.45. The Morgan fingerprint density at radius 3 is 2.42 bits per heavy atom. The van der Waals surface area contributed by atoms with Crippen LogP contribution in [0.3, 0.4) is 0 Å². The van der Waals surface area contributed by atoms with E-state index in [1.165, 1.54) is 6.42 Å². The number of aliphatic hydroxyl groups excluding tert-OH is 2. The summed E-state index contributed by atoms with van der Waals surface area (Å²) < 4.78 is 21.8. The van der Waals surface area contributed by atoms with E-state index in [4.69, 9.17) is 21.4 Å². The van der Waals surface area contributed by atoms with Gasteiger partial charge in [-0.05, 0) is 76.0 Å². The molecule has 1 heterocycles. The van der Waals surface area contributed by atoms with Crippen molar-refractivity contribution in [1.29, 1.82) is 0 Å². The second-order valence-electron chi connectivity index (χ2n) is 10.1. The number of aliphatic hydroxyl groups is 2. The molecule has 3 unspecified atom stereocenters. The van der Waals surface area contributed by atoms with Crippen LogP contribution in [0.25, 0.3) is 0 Å². The maximum Gasteiger partial charge on any atom is 0.253 e. The van der Waals surface area contributed by atoms with Gasteiger partial charge in [0.2, 0.25) is 0 Å². The molecule has 0 spiro atoms. The summed E-state index contributed by atoms with van der Waals surface area (Å²) in [6.45, 7) is 6.10. The third kappa shape index (κ3) is 6.16. The zero-order valence-corrected chi connectivity index (χ0v) is 21.5. The highest BCUT2D eigenvalue weighted by atomic mass is 35.5. The van der Waals surface area contributed by atoms with Crippen molar-refractivity contribution in [2.75, 3.05) is 26.8 Å². The molecule has 1 aromatic rings. The minimum Gasteiger partial charge on any atom is -0.598 e. The number of carbonyl (C=O) groups excluding carboxylic acids is 1. The van der Waals surface area contributed by atoms with Crippen molar-refractivity contribution < 1.29 is 24.3 Å². The Kier molecular flexibility index (Phi) is 8.97. The largest absolute Gasteiger partial charge is 0.598 e. The predicted molar refractivity (Wildman–Crippen MR) is 131 cm³/mol. The minimum absolute atomic E-state index is 0.0890. The van der Waals surface area contributed by atoms with Gasteiger partial charge in [-0.1, -0.05) is 18.0 Å². The molecule has 1 aliphatic carbocycles. The molecule has 0 aromatic heterocycles. The first kappa shape index (κ1) is 26.6. The molecule has 33 heavy (non-hydrogen) atoms. The van der Waals surface area contributed by atoms with Gasteiger partial charge in [0.25, 0.3) is 5.91 Å². The molecule has 0 radical (unpaired) electrons. The van der Waals surface area contributed by atoms with E-state index in [1.807, 2.05) is 32.9 Å².